The quantitative estimate of drug-likeness (QED) is 0.622. The number of amides is 1. The highest BCUT2D eigenvalue weighted by molar-refractivity contribution is 7.16. The maximum absolute atomic E-state index is 12.8. The minimum Gasteiger partial charge on any atom is -0.452 e. The van der Waals surface area contributed by atoms with Gasteiger partial charge in [0, 0.05) is 10.3 Å². The number of pyridine rings is 1. The van der Waals surface area contributed by atoms with Crippen LogP contribution >= 0.6 is 11.3 Å². The molecule has 1 amide bonds. The molecule has 1 aliphatic rings. The molecule has 0 spiro atoms. The van der Waals surface area contributed by atoms with E-state index in [1.54, 1.807) is 0 Å². The van der Waals surface area contributed by atoms with Crippen LogP contribution in [0.15, 0.2) is 24.3 Å². The lowest BCUT2D eigenvalue weighted by atomic mass is 10.0. The Balaban J connectivity index is 1.50. The summed E-state index contributed by atoms with van der Waals surface area (Å²) in [6, 6.07) is 9.83. The summed E-state index contributed by atoms with van der Waals surface area (Å²) in [5.41, 5.74) is 4.27. The van der Waals surface area contributed by atoms with Crippen molar-refractivity contribution < 1.29 is 14.3 Å². The minimum atomic E-state index is -0.563. The van der Waals surface area contributed by atoms with E-state index in [1.165, 1.54) is 11.3 Å². The predicted molar refractivity (Wildman–Crippen MR) is 116 cm³/mol. The molecule has 1 N–H and O–H groups in total. The number of nitrogens with zero attached hydrogens (tertiary/aromatic N) is 2. The fourth-order valence-electron chi connectivity index (χ4n) is 3.94. The van der Waals surface area contributed by atoms with E-state index in [2.05, 4.69) is 16.4 Å². The van der Waals surface area contributed by atoms with Crippen molar-refractivity contribution in [1.82, 2.24) is 4.98 Å². The maximum Gasteiger partial charge on any atom is 0.340 e. The van der Waals surface area contributed by atoms with Crippen LogP contribution in [-0.4, -0.2) is 23.5 Å². The summed E-state index contributed by atoms with van der Waals surface area (Å²) in [4.78, 5) is 30.9. The fraction of sp³-hybridized carbons (Fsp3) is 0.304. The van der Waals surface area contributed by atoms with E-state index in [1.807, 2.05) is 38.1 Å². The number of esters is 1. The number of nitriles is 1. The highest BCUT2D eigenvalue weighted by atomic mass is 32.1. The second kappa shape index (κ2) is 8.25. The normalized spacial score (nSPS) is 12.4. The van der Waals surface area contributed by atoms with Gasteiger partial charge in [-0.05, 0) is 49.8 Å². The van der Waals surface area contributed by atoms with Gasteiger partial charge in [0.05, 0.1) is 22.3 Å². The molecule has 0 fully saturated rings. The molecule has 2 heterocycles. The first kappa shape index (κ1) is 20.0. The number of hydrogen-bond donors (Lipinski definition) is 1. The van der Waals surface area contributed by atoms with E-state index < -0.39 is 18.5 Å². The molecule has 0 bridgehead atoms. The highest BCUT2D eigenvalue weighted by Gasteiger charge is 2.24. The Bertz CT molecular complexity index is 1210. The van der Waals surface area contributed by atoms with E-state index >= 15 is 0 Å². The molecule has 0 unspecified atom stereocenters. The predicted octanol–water partition coefficient (Wildman–Crippen LogP) is 4.32. The van der Waals surface area contributed by atoms with Gasteiger partial charge in [-0.3, -0.25) is 9.78 Å². The summed E-state index contributed by atoms with van der Waals surface area (Å²) in [6.45, 7) is 3.38. The zero-order valence-corrected chi connectivity index (χ0v) is 17.7. The summed E-state index contributed by atoms with van der Waals surface area (Å²) < 4.78 is 5.32. The molecule has 7 heteroatoms. The molecule has 30 heavy (non-hydrogen) atoms. The van der Waals surface area contributed by atoms with Crippen molar-refractivity contribution in [3.63, 3.8) is 0 Å². The molecule has 152 valence electrons. The van der Waals surface area contributed by atoms with Gasteiger partial charge in [-0.15, -0.1) is 11.3 Å². The zero-order chi connectivity index (χ0) is 21.3. The van der Waals surface area contributed by atoms with E-state index in [4.69, 9.17) is 4.74 Å². The van der Waals surface area contributed by atoms with Crippen LogP contribution < -0.4 is 5.32 Å². The molecular weight excluding hydrogens is 398 g/mol. The fourth-order valence-corrected chi connectivity index (χ4v) is 5.20. The molecule has 0 aliphatic heterocycles. The molecule has 4 rings (SSSR count). The summed E-state index contributed by atoms with van der Waals surface area (Å²) in [7, 11) is 0. The first-order chi connectivity index (χ1) is 14.5. The molecule has 3 aromatic rings. The van der Waals surface area contributed by atoms with E-state index in [0.29, 0.717) is 28.2 Å². The van der Waals surface area contributed by atoms with Crippen LogP contribution in [0.25, 0.3) is 10.9 Å². The molecule has 0 saturated heterocycles. The summed E-state index contributed by atoms with van der Waals surface area (Å²) >= 11 is 1.44. The number of nitrogens with one attached hydrogen (secondary N) is 1. The van der Waals surface area contributed by atoms with Crippen LogP contribution in [0.4, 0.5) is 5.00 Å². The zero-order valence-electron chi connectivity index (χ0n) is 16.9. The Morgan fingerprint density at radius 2 is 2.10 bits per heavy atom. The number of carbonyl (C=O) groups is 2. The van der Waals surface area contributed by atoms with Crippen molar-refractivity contribution in [3.8, 4) is 6.07 Å². The van der Waals surface area contributed by atoms with Gasteiger partial charge in [-0.2, -0.15) is 5.26 Å². The summed E-state index contributed by atoms with van der Waals surface area (Å²) in [5.74, 6) is -1.02. The lowest BCUT2D eigenvalue weighted by molar-refractivity contribution is -0.119. The molecular formula is C23H21N3O3S. The standard InChI is InChI=1S/C23H21N3O3S/c1-3-17-21(13(2)14-7-4-5-9-18(14)25-17)23(28)29-12-20(27)26-22-16(11-24)15-8-6-10-19(15)30-22/h4-5,7,9H,3,6,8,10,12H2,1-2H3,(H,26,27). The van der Waals surface area contributed by atoms with E-state index in [0.717, 1.165) is 46.2 Å². The topological polar surface area (TPSA) is 92.1 Å². The van der Waals surface area contributed by atoms with Crippen LogP contribution in [0.2, 0.25) is 0 Å². The summed E-state index contributed by atoms with van der Waals surface area (Å²) in [5, 5.41) is 13.6. The molecule has 0 radical (unpaired) electrons. The van der Waals surface area contributed by atoms with E-state index in [9.17, 15) is 14.9 Å². The van der Waals surface area contributed by atoms with Crippen molar-refractivity contribution in [3.05, 3.63) is 57.1 Å². The number of para-hydroxylation sites is 1. The third kappa shape index (κ3) is 3.55. The SMILES string of the molecule is CCc1nc2ccccc2c(C)c1C(=O)OCC(=O)Nc1sc2c(c1C#N)CCC2. The van der Waals surface area contributed by atoms with E-state index in [-0.39, 0.29) is 0 Å². The van der Waals surface area contributed by atoms with Crippen LogP contribution in [0, 0.1) is 18.3 Å². The average Bonchev–Trinajstić information content (AvgIpc) is 3.32. The second-order valence-electron chi connectivity index (χ2n) is 7.23. The van der Waals surface area contributed by atoms with Crippen LogP contribution in [0.5, 0.6) is 0 Å². The molecule has 0 atom stereocenters. The number of anilines is 1. The lowest BCUT2D eigenvalue weighted by Crippen LogP contribution is -2.22. The number of benzene rings is 1. The molecule has 1 aliphatic carbocycles. The average molecular weight is 420 g/mol. The molecule has 0 saturated carbocycles. The first-order valence-corrected chi connectivity index (χ1v) is 10.7. The van der Waals surface area contributed by atoms with Crippen molar-refractivity contribution in [2.24, 2.45) is 0 Å². The maximum atomic E-state index is 12.8. The molecule has 2 aromatic heterocycles. The van der Waals surface area contributed by atoms with Gasteiger partial charge in [-0.1, -0.05) is 25.1 Å². The molecule has 1 aromatic carbocycles. The monoisotopic (exact) mass is 419 g/mol. The third-order valence-corrected chi connectivity index (χ3v) is 6.59. The lowest BCUT2D eigenvalue weighted by Gasteiger charge is -2.13. The van der Waals surface area contributed by atoms with Crippen molar-refractivity contribution in [1.29, 1.82) is 5.26 Å². The number of aromatic nitrogens is 1. The van der Waals surface area contributed by atoms with Crippen molar-refractivity contribution >= 4 is 39.1 Å². The first-order valence-electron chi connectivity index (χ1n) is 9.93. The number of hydrogen-bond acceptors (Lipinski definition) is 6. The van der Waals surface area contributed by atoms with Crippen LogP contribution in [-0.2, 0) is 28.8 Å². The van der Waals surface area contributed by atoms with Gasteiger partial charge in [0.25, 0.3) is 5.91 Å². The smallest absolute Gasteiger partial charge is 0.340 e. The Labute approximate surface area is 178 Å². The largest absolute Gasteiger partial charge is 0.452 e. The number of fused-ring (bicyclic) bond motifs is 2. The van der Waals surface area contributed by atoms with Gasteiger partial charge in [-0.25, -0.2) is 4.79 Å². The minimum absolute atomic E-state index is 0.414. The Morgan fingerprint density at radius 1 is 1.30 bits per heavy atom. The number of rotatable bonds is 5. The Morgan fingerprint density at radius 3 is 2.87 bits per heavy atom. The van der Waals surface area contributed by atoms with Crippen LogP contribution in [0.3, 0.4) is 0 Å². The van der Waals surface area contributed by atoms with Gasteiger partial charge < -0.3 is 10.1 Å². The van der Waals surface area contributed by atoms with Crippen molar-refractivity contribution in [2.75, 3.05) is 11.9 Å². The Hall–Kier alpha value is -3.24. The van der Waals surface area contributed by atoms with Gasteiger partial charge in [0.15, 0.2) is 6.61 Å². The molecule has 6 nitrogen and oxygen atoms in total. The number of carbonyl (C=O) groups excluding carboxylic acids is 2. The van der Waals surface area contributed by atoms with Gasteiger partial charge >= 0.3 is 5.97 Å². The van der Waals surface area contributed by atoms with Gasteiger partial charge in [0.2, 0.25) is 0 Å². The Kier molecular flexibility index (Phi) is 5.51. The second-order valence-corrected chi connectivity index (χ2v) is 8.33. The number of thiophene rings is 1. The third-order valence-electron chi connectivity index (χ3n) is 5.39. The van der Waals surface area contributed by atoms with Crippen molar-refractivity contribution in [2.45, 2.75) is 39.5 Å². The highest BCUT2D eigenvalue weighted by Crippen LogP contribution is 2.38. The summed E-state index contributed by atoms with van der Waals surface area (Å²) in [6.07, 6.45) is 3.43. The van der Waals surface area contributed by atoms with Crippen LogP contribution in [0.1, 0.15) is 51.0 Å². The number of aryl methyl sites for hydroxylation is 3. The number of ether oxygens (including phenoxy) is 1. The van der Waals surface area contributed by atoms with Gasteiger partial charge in [0.1, 0.15) is 11.1 Å².